The summed E-state index contributed by atoms with van der Waals surface area (Å²) in [5.74, 6) is 0.557. The first-order valence-corrected chi connectivity index (χ1v) is 2.82. The number of rotatable bonds is 2. The quantitative estimate of drug-likeness (QED) is 0.586. The molecule has 0 aliphatic carbocycles. The van der Waals surface area contributed by atoms with Crippen molar-refractivity contribution in [2.45, 2.75) is 12.5 Å². The Morgan fingerprint density at radius 1 is 1.90 bits per heavy atom. The lowest BCUT2D eigenvalue weighted by molar-refractivity contribution is 0.692. The normalized spacial score (nSPS) is 12.4. The fourth-order valence-corrected chi connectivity index (χ4v) is 0.589. The van der Waals surface area contributed by atoms with Crippen molar-refractivity contribution in [3.63, 3.8) is 0 Å². The monoisotopic (exact) mass is 137 g/mol. The second kappa shape index (κ2) is 2.94. The molecular weight excluding hydrogens is 130 g/mol. The third-order valence-electron chi connectivity index (χ3n) is 1.10. The van der Waals surface area contributed by atoms with Gasteiger partial charge in [0, 0.05) is 0 Å². The number of hydrogen-bond acceptors (Lipinski definition) is 4. The molecule has 5 nitrogen and oxygen atoms in total. The summed E-state index contributed by atoms with van der Waals surface area (Å²) < 4.78 is 0. The van der Waals surface area contributed by atoms with Gasteiger partial charge in [-0.05, 0) is 0 Å². The highest BCUT2D eigenvalue weighted by molar-refractivity contribution is 4.93. The van der Waals surface area contributed by atoms with E-state index in [2.05, 4.69) is 15.2 Å². The van der Waals surface area contributed by atoms with Crippen LogP contribution in [0.5, 0.6) is 0 Å². The highest BCUT2D eigenvalue weighted by Gasteiger charge is 2.06. The number of nitrogens with two attached hydrogens (primary N) is 1. The maximum atomic E-state index is 8.24. The number of aromatic nitrogens is 3. The van der Waals surface area contributed by atoms with Gasteiger partial charge in [0.25, 0.3) is 0 Å². The molecule has 5 heteroatoms. The highest BCUT2D eigenvalue weighted by atomic mass is 15.2. The standard InChI is InChI=1S/C5H7N5/c6-2-1-4(7)5-8-3-9-10-5/h3-4H,1,7H2,(H,8,9,10)/t4-/m1/s1. The second-order valence-corrected chi connectivity index (χ2v) is 1.84. The average Bonchev–Trinajstić information content (AvgIpc) is 2.38. The van der Waals surface area contributed by atoms with Crippen LogP contribution in [-0.4, -0.2) is 15.2 Å². The highest BCUT2D eigenvalue weighted by Crippen LogP contribution is 2.04. The van der Waals surface area contributed by atoms with Crippen LogP contribution in [0.3, 0.4) is 0 Å². The van der Waals surface area contributed by atoms with Gasteiger partial charge in [0.15, 0.2) is 0 Å². The summed E-state index contributed by atoms with van der Waals surface area (Å²) in [4.78, 5) is 3.79. The van der Waals surface area contributed by atoms with E-state index in [0.29, 0.717) is 5.82 Å². The van der Waals surface area contributed by atoms with Crippen LogP contribution in [0.15, 0.2) is 6.33 Å². The third kappa shape index (κ3) is 1.30. The molecule has 0 saturated heterocycles. The van der Waals surface area contributed by atoms with Gasteiger partial charge in [-0.15, -0.1) is 0 Å². The van der Waals surface area contributed by atoms with Crippen molar-refractivity contribution in [3.05, 3.63) is 12.2 Å². The van der Waals surface area contributed by atoms with Crippen molar-refractivity contribution in [2.75, 3.05) is 0 Å². The predicted molar refractivity (Wildman–Crippen MR) is 33.5 cm³/mol. The Labute approximate surface area is 57.9 Å². The minimum atomic E-state index is -0.340. The third-order valence-corrected chi connectivity index (χ3v) is 1.10. The summed E-state index contributed by atoms with van der Waals surface area (Å²) >= 11 is 0. The minimum Gasteiger partial charge on any atom is -0.320 e. The van der Waals surface area contributed by atoms with Crippen LogP contribution in [-0.2, 0) is 0 Å². The lowest BCUT2D eigenvalue weighted by atomic mass is 10.2. The second-order valence-electron chi connectivity index (χ2n) is 1.84. The first-order valence-electron chi connectivity index (χ1n) is 2.82. The molecule has 0 aliphatic rings. The number of H-pyrrole nitrogens is 1. The molecule has 0 fully saturated rings. The van der Waals surface area contributed by atoms with E-state index in [-0.39, 0.29) is 12.5 Å². The average molecular weight is 137 g/mol. The molecule has 0 amide bonds. The zero-order chi connectivity index (χ0) is 7.40. The van der Waals surface area contributed by atoms with Gasteiger partial charge in [-0.2, -0.15) is 10.4 Å². The van der Waals surface area contributed by atoms with Crippen LogP contribution in [0.25, 0.3) is 0 Å². The van der Waals surface area contributed by atoms with Crippen LogP contribution >= 0.6 is 0 Å². The van der Waals surface area contributed by atoms with E-state index in [9.17, 15) is 0 Å². The van der Waals surface area contributed by atoms with E-state index < -0.39 is 0 Å². The van der Waals surface area contributed by atoms with Crippen molar-refractivity contribution >= 4 is 0 Å². The van der Waals surface area contributed by atoms with Gasteiger partial charge in [0.05, 0.1) is 18.5 Å². The summed E-state index contributed by atoms with van der Waals surface area (Å²) in [6.45, 7) is 0. The van der Waals surface area contributed by atoms with E-state index >= 15 is 0 Å². The maximum Gasteiger partial charge on any atom is 0.142 e. The Balaban J connectivity index is 2.61. The maximum absolute atomic E-state index is 8.24. The van der Waals surface area contributed by atoms with E-state index in [1.165, 1.54) is 6.33 Å². The Morgan fingerprint density at radius 3 is 3.20 bits per heavy atom. The van der Waals surface area contributed by atoms with E-state index in [4.69, 9.17) is 11.0 Å². The molecule has 1 rings (SSSR count). The fraction of sp³-hybridized carbons (Fsp3) is 0.400. The molecular formula is C5H7N5. The number of nitrogens with one attached hydrogen (secondary N) is 1. The molecule has 0 aromatic carbocycles. The number of aromatic amines is 1. The molecule has 1 atom stereocenters. The largest absolute Gasteiger partial charge is 0.320 e. The van der Waals surface area contributed by atoms with Gasteiger partial charge in [0.2, 0.25) is 0 Å². The zero-order valence-corrected chi connectivity index (χ0v) is 5.28. The molecule has 1 aromatic rings. The Kier molecular flexibility index (Phi) is 1.97. The van der Waals surface area contributed by atoms with E-state index in [1.54, 1.807) is 0 Å². The predicted octanol–water partition coefficient (Wildman–Crippen LogP) is -0.282. The molecule has 10 heavy (non-hydrogen) atoms. The molecule has 1 aromatic heterocycles. The van der Waals surface area contributed by atoms with Crippen LogP contribution in [0.2, 0.25) is 0 Å². The number of nitrogens with zero attached hydrogens (tertiary/aromatic N) is 3. The Morgan fingerprint density at radius 2 is 2.70 bits per heavy atom. The molecule has 0 radical (unpaired) electrons. The molecule has 0 unspecified atom stereocenters. The van der Waals surface area contributed by atoms with Crippen molar-refractivity contribution in [1.82, 2.24) is 15.2 Å². The van der Waals surface area contributed by atoms with Crippen LogP contribution < -0.4 is 5.73 Å². The van der Waals surface area contributed by atoms with E-state index in [0.717, 1.165) is 0 Å². The number of hydrogen-bond donors (Lipinski definition) is 2. The van der Waals surface area contributed by atoms with Gasteiger partial charge in [-0.25, -0.2) is 4.98 Å². The van der Waals surface area contributed by atoms with Gasteiger partial charge < -0.3 is 5.73 Å². The Hall–Kier alpha value is -1.41. The van der Waals surface area contributed by atoms with Gasteiger partial charge >= 0.3 is 0 Å². The molecule has 0 saturated carbocycles. The van der Waals surface area contributed by atoms with Gasteiger partial charge in [0.1, 0.15) is 12.2 Å². The SMILES string of the molecule is N#CC[C@@H](N)c1ncn[nH]1. The topological polar surface area (TPSA) is 91.4 Å². The molecule has 0 spiro atoms. The summed E-state index contributed by atoms with van der Waals surface area (Å²) in [6.07, 6.45) is 1.63. The summed E-state index contributed by atoms with van der Waals surface area (Å²) in [6, 6.07) is 1.60. The number of nitriles is 1. The summed E-state index contributed by atoms with van der Waals surface area (Å²) in [5.41, 5.74) is 5.49. The molecule has 1 heterocycles. The van der Waals surface area contributed by atoms with Crippen LogP contribution in [0, 0.1) is 11.3 Å². The molecule has 0 aliphatic heterocycles. The smallest absolute Gasteiger partial charge is 0.142 e. The molecule has 3 N–H and O–H groups in total. The fourth-order valence-electron chi connectivity index (χ4n) is 0.589. The van der Waals surface area contributed by atoms with Gasteiger partial charge in [-0.1, -0.05) is 0 Å². The van der Waals surface area contributed by atoms with Crippen molar-refractivity contribution < 1.29 is 0 Å². The zero-order valence-electron chi connectivity index (χ0n) is 5.28. The summed E-state index contributed by atoms with van der Waals surface area (Å²) in [5, 5.41) is 14.4. The van der Waals surface area contributed by atoms with Crippen molar-refractivity contribution in [1.29, 1.82) is 5.26 Å². The van der Waals surface area contributed by atoms with Crippen LogP contribution in [0.4, 0.5) is 0 Å². The molecule has 52 valence electrons. The lowest BCUT2D eigenvalue weighted by Gasteiger charge is -1.99. The van der Waals surface area contributed by atoms with Crippen molar-refractivity contribution in [2.24, 2.45) is 5.73 Å². The first kappa shape index (κ1) is 6.71. The summed E-state index contributed by atoms with van der Waals surface area (Å²) in [7, 11) is 0. The van der Waals surface area contributed by atoms with E-state index in [1.807, 2.05) is 6.07 Å². The first-order chi connectivity index (χ1) is 4.84. The van der Waals surface area contributed by atoms with Crippen molar-refractivity contribution in [3.8, 4) is 6.07 Å². The Bertz CT molecular complexity index is 221. The minimum absolute atomic E-state index is 0.259. The molecule has 0 bridgehead atoms. The van der Waals surface area contributed by atoms with Gasteiger partial charge in [-0.3, -0.25) is 5.10 Å². The lowest BCUT2D eigenvalue weighted by Crippen LogP contribution is -2.10. The van der Waals surface area contributed by atoms with Crippen LogP contribution in [0.1, 0.15) is 18.3 Å².